The fraction of sp³-hybridized carbons (Fsp3) is 1.00. The highest BCUT2D eigenvalue weighted by atomic mass is 32.2. The van der Waals surface area contributed by atoms with Gasteiger partial charge in [-0.3, -0.25) is 0 Å². The molecule has 0 aliphatic carbocycles. The largest absolute Gasteiger partial charge is 0.323 e. The smallest absolute Gasteiger partial charge is 0.282 e. The van der Waals surface area contributed by atoms with Crippen molar-refractivity contribution in [2.75, 3.05) is 26.2 Å². The van der Waals surface area contributed by atoms with Crippen LogP contribution in [0.3, 0.4) is 0 Å². The minimum Gasteiger partial charge on any atom is -0.323 e. The lowest BCUT2D eigenvalue weighted by molar-refractivity contribution is 0.100. The zero-order chi connectivity index (χ0) is 13.6. The van der Waals surface area contributed by atoms with E-state index in [9.17, 15) is 8.42 Å². The Morgan fingerprint density at radius 1 is 1.17 bits per heavy atom. The van der Waals surface area contributed by atoms with Gasteiger partial charge in [0.25, 0.3) is 10.2 Å². The van der Waals surface area contributed by atoms with Gasteiger partial charge in [-0.25, -0.2) is 0 Å². The Morgan fingerprint density at radius 2 is 1.67 bits per heavy atom. The number of hydrogen-bond acceptors (Lipinski definition) is 3. The van der Waals surface area contributed by atoms with Crippen LogP contribution in [0.2, 0.25) is 0 Å². The Bertz CT molecular complexity index is 394. The Balaban J connectivity index is 1.98. The van der Waals surface area contributed by atoms with Gasteiger partial charge in [-0.05, 0) is 24.7 Å². The van der Waals surface area contributed by atoms with Gasteiger partial charge in [-0.1, -0.05) is 20.8 Å². The van der Waals surface area contributed by atoms with Crippen LogP contribution >= 0.6 is 0 Å². The van der Waals surface area contributed by atoms with E-state index in [4.69, 9.17) is 5.73 Å². The summed E-state index contributed by atoms with van der Waals surface area (Å²) in [6, 6.07) is 0. The van der Waals surface area contributed by atoms with Crippen LogP contribution in [0.15, 0.2) is 0 Å². The highest BCUT2D eigenvalue weighted by Gasteiger charge is 2.49. The van der Waals surface area contributed by atoms with Gasteiger partial charge >= 0.3 is 0 Å². The van der Waals surface area contributed by atoms with E-state index in [0.29, 0.717) is 38.0 Å². The van der Waals surface area contributed by atoms with Gasteiger partial charge in [-0.2, -0.15) is 17.0 Å². The summed E-state index contributed by atoms with van der Waals surface area (Å²) in [5.74, 6) is 0.947. The molecule has 0 aromatic heterocycles. The monoisotopic (exact) mass is 275 g/mol. The molecule has 2 aliphatic rings. The fourth-order valence-electron chi connectivity index (χ4n) is 2.52. The molecule has 0 unspecified atom stereocenters. The lowest BCUT2D eigenvalue weighted by atomic mass is 9.82. The lowest BCUT2D eigenvalue weighted by Crippen LogP contribution is -2.72. The van der Waals surface area contributed by atoms with Crippen LogP contribution in [0.4, 0.5) is 0 Å². The summed E-state index contributed by atoms with van der Waals surface area (Å²) in [6.45, 7) is 8.49. The topological polar surface area (TPSA) is 66.6 Å². The molecule has 6 heteroatoms. The molecule has 0 aromatic carbocycles. The van der Waals surface area contributed by atoms with Crippen LogP contribution in [0.5, 0.6) is 0 Å². The molecule has 0 amide bonds. The van der Waals surface area contributed by atoms with Crippen molar-refractivity contribution in [1.29, 1.82) is 0 Å². The third-order valence-corrected chi connectivity index (χ3v) is 6.41. The number of piperidine rings is 1. The van der Waals surface area contributed by atoms with Gasteiger partial charge in [-0.15, -0.1) is 0 Å². The van der Waals surface area contributed by atoms with Crippen molar-refractivity contribution >= 4 is 10.2 Å². The molecule has 0 spiro atoms. The van der Waals surface area contributed by atoms with E-state index in [-0.39, 0.29) is 5.54 Å². The van der Waals surface area contributed by atoms with Gasteiger partial charge < -0.3 is 5.73 Å². The summed E-state index contributed by atoms with van der Waals surface area (Å²) < 4.78 is 27.9. The van der Waals surface area contributed by atoms with Gasteiger partial charge in [0.1, 0.15) is 0 Å². The average Bonchev–Trinajstić information content (AvgIpc) is 2.25. The third-order valence-electron chi connectivity index (χ3n) is 4.49. The summed E-state index contributed by atoms with van der Waals surface area (Å²) in [4.78, 5) is 0. The van der Waals surface area contributed by atoms with Crippen molar-refractivity contribution in [3.8, 4) is 0 Å². The molecule has 0 saturated carbocycles. The molecular formula is C12H25N3O2S. The molecule has 2 aliphatic heterocycles. The van der Waals surface area contributed by atoms with Crippen LogP contribution in [-0.4, -0.2) is 48.7 Å². The van der Waals surface area contributed by atoms with Crippen molar-refractivity contribution in [1.82, 2.24) is 8.61 Å². The Labute approximate surface area is 110 Å². The quantitative estimate of drug-likeness (QED) is 0.821. The highest BCUT2D eigenvalue weighted by molar-refractivity contribution is 7.86. The van der Waals surface area contributed by atoms with E-state index in [1.54, 1.807) is 4.31 Å². The van der Waals surface area contributed by atoms with Crippen molar-refractivity contribution < 1.29 is 8.42 Å². The minimum absolute atomic E-state index is 0.310. The molecule has 0 radical (unpaired) electrons. The van der Waals surface area contributed by atoms with Gasteiger partial charge in [0.05, 0.1) is 0 Å². The third kappa shape index (κ3) is 2.43. The zero-order valence-electron chi connectivity index (χ0n) is 11.6. The molecule has 2 rings (SSSR count). The van der Waals surface area contributed by atoms with E-state index in [2.05, 4.69) is 6.92 Å². The second-order valence-corrected chi connectivity index (χ2v) is 8.17. The number of hydrogen-bond donors (Lipinski definition) is 1. The first-order valence-corrected chi connectivity index (χ1v) is 8.19. The Morgan fingerprint density at radius 3 is 2.11 bits per heavy atom. The van der Waals surface area contributed by atoms with Crippen molar-refractivity contribution in [2.45, 2.75) is 39.2 Å². The van der Waals surface area contributed by atoms with E-state index in [0.717, 1.165) is 12.8 Å². The van der Waals surface area contributed by atoms with Crippen molar-refractivity contribution in [3.05, 3.63) is 0 Å². The standard InChI is InChI=1S/C12H25N3O2S/c1-10(2)12(13)8-15(9-12)18(16,17)14-6-4-11(3)5-7-14/h10-11H,4-9,13H2,1-3H3. The normalized spacial score (nSPS) is 27.4. The summed E-state index contributed by atoms with van der Waals surface area (Å²) in [7, 11) is -3.27. The van der Waals surface area contributed by atoms with E-state index in [1.807, 2.05) is 13.8 Å². The van der Waals surface area contributed by atoms with E-state index < -0.39 is 10.2 Å². The van der Waals surface area contributed by atoms with Crippen LogP contribution in [0.25, 0.3) is 0 Å². The molecule has 0 bridgehead atoms. The van der Waals surface area contributed by atoms with Gasteiger partial charge in [0.2, 0.25) is 0 Å². The first-order valence-electron chi connectivity index (χ1n) is 6.80. The molecule has 106 valence electrons. The maximum Gasteiger partial charge on any atom is 0.282 e. The second-order valence-electron chi connectivity index (χ2n) is 6.25. The average molecular weight is 275 g/mol. The van der Waals surface area contributed by atoms with Crippen LogP contribution < -0.4 is 5.73 Å². The van der Waals surface area contributed by atoms with E-state index in [1.165, 1.54) is 4.31 Å². The number of nitrogens with two attached hydrogens (primary N) is 1. The first kappa shape index (κ1) is 14.2. The van der Waals surface area contributed by atoms with Crippen LogP contribution in [0.1, 0.15) is 33.6 Å². The second kappa shape index (κ2) is 4.74. The zero-order valence-corrected chi connectivity index (χ0v) is 12.4. The van der Waals surface area contributed by atoms with Gasteiger partial charge in [0, 0.05) is 31.7 Å². The molecule has 0 aromatic rings. The van der Waals surface area contributed by atoms with E-state index >= 15 is 0 Å². The summed E-state index contributed by atoms with van der Waals surface area (Å²) in [5, 5.41) is 0. The molecule has 18 heavy (non-hydrogen) atoms. The first-order chi connectivity index (χ1) is 8.25. The van der Waals surface area contributed by atoms with Crippen molar-refractivity contribution in [2.24, 2.45) is 17.6 Å². The predicted molar refractivity (Wildman–Crippen MR) is 72.2 cm³/mol. The summed E-state index contributed by atoms with van der Waals surface area (Å²) in [5.41, 5.74) is 5.82. The van der Waals surface area contributed by atoms with Crippen molar-refractivity contribution in [3.63, 3.8) is 0 Å². The SMILES string of the molecule is CC1CCN(S(=O)(=O)N2CC(N)(C(C)C)C2)CC1. The van der Waals surface area contributed by atoms with Crippen LogP contribution in [0, 0.1) is 11.8 Å². The molecule has 2 heterocycles. The highest BCUT2D eigenvalue weighted by Crippen LogP contribution is 2.31. The predicted octanol–water partition coefficient (Wildman–Crippen LogP) is 0.632. The fourth-order valence-corrected chi connectivity index (χ4v) is 4.32. The molecule has 5 nitrogen and oxygen atoms in total. The number of rotatable bonds is 3. The molecule has 2 N–H and O–H groups in total. The van der Waals surface area contributed by atoms with Gasteiger partial charge in [0.15, 0.2) is 0 Å². The molecule has 2 saturated heterocycles. The number of nitrogens with zero attached hydrogens (tertiary/aromatic N) is 2. The Hall–Kier alpha value is -0.170. The maximum absolute atomic E-state index is 12.4. The summed E-state index contributed by atoms with van der Waals surface area (Å²) in [6.07, 6.45) is 1.93. The van der Waals surface area contributed by atoms with Crippen LogP contribution in [-0.2, 0) is 10.2 Å². The Kier molecular flexibility index (Phi) is 3.75. The molecule has 0 atom stereocenters. The molecular weight excluding hydrogens is 250 g/mol. The maximum atomic E-state index is 12.4. The summed E-state index contributed by atoms with van der Waals surface area (Å²) >= 11 is 0. The molecule has 2 fully saturated rings. The lowest BCUT2D eigenvalue weighted by Gasteiger charge is -2.50. The minimum atomic E-state index is -3.27.